The summed E-state index contributed by atoms with van der Waals surface area (Å²) in [5, 5.41) is 10.5. The molecule has 0 aliphatic heterocycles. The third-order valence-corrected chi connectivity index (χ3v) is 5.04. The molecule has 0 aliphatic carbocycles. The van der Waals surface area contributed by atoms with E-state index in [4.69, 9.17) is 0 Å². The molecule has 0 N–H and O–H groups in total. The fraction of sp³-hybridized carbons (Fsp3) is 0.222. The minimum atomic E-state index is -0.216. The van der Waals surface area contributed by atoms with E-state index in [1.807, 2.05) is 12.3 Å². The van der Waals surface area contributed by atoms with Gasteiger partial charge in [0.05, 0.1) is 11.7 Å². The van der Waals surface area contributed by atoms with E-state index in [-0.39, 0.29) is 5.82 Å². The average molecular weight is 327 g/mol. The Kier molecular flexibility index (Phi) is 4.48. The molecule has 0 aliphatic rings. The predicted octanol–water partition coefficient (Wildman–Crippen LogP) is 4.67. The molecule has 3 rings (SSSR count). The Balaban J connectivity index is 1.98. The molecule has 0 saturated carbocycles. The van der Waals surface area contributed by atoms with Crippen molar-refractivity contribution in [3.05, 3.63) is 65.8 Å². The Morgan fingerprint density at radius 2 is 2.00 bits per heavy atom. The van der Waals surface area contributed by atoms with E-state index in [0.29, 0.717) is 0 Å². The molecule has 0 amide bonds. The Morgan fingerprint density at radius 1 is 1.26 bits per heavy atom. The lowest BCUT2D eigenvalue weighted by Gasteiger charge is -2.08. The fourth-order valence-corrected chi connectivity index (χ4v) is 3.61. The van der Waals surface area contributed by atoms with Crippen molar-refractivity contribution in [1.82, 2.24) is 14.8 Å². The maximum Gasteiger partial charge on any atom is 0.143 e. The van der Waals surface area contributed by atoms with Gasteiger partial charge >= 0.3 is 0 Å². The maximum atomic E-state index is 13.0. The van der Waals surface area contributed by atoms with Gasteiger partial charge in [-0.25, -0.2) is 4.39 Å². The molecule has 0 saturated heterocycles. The van der Waals surface area contributed by atoms with Crippen LogP contribution in [0.15, 0.2) is 48.1 Å². The summed E-state index contributed by atoms with van der Waals surface area (Å²) in [7, 11) is 0. The highest BCUT2D eigenvalue weighted by Gasteiger charge is 2.15. The van der Waals surface area contributed by atoms with E-state index in [1.165, 1.54) is 23.4 Å². The van der Waals surface area contributed by atoms with E-state index in [1.54, 1.807) is 23.9 Å². The van der Waals surface area contributed by atoms with E-state index in [2.05, 4.69) is 35.2 Å². The Bertz CT molecular complexity index is 853. The van der Waals surface area contributed by atoms with E-state index >= 15 is 0 Å². The average Bonchev–Trinajstić information content (AvgIpc) is 2.80. The summed E-state index contributed by atoms with van der Waals surface area (Å²) in [4.78, 5) is 0. The van der Waals surface area contributed by atoms with Gasteiger partial charge in [0.25, 0.3) is 0 Å². The van der Waals surface area contributed by atoms with E-state index in [0.717, 1.165) is 33.8 Å². The van der Waals surface area contributed by atoms with Gasteiger partial charge in [-0.15, -0.1) is 11.7 Å². The monoisotopic (exact) mass is 327 g/mol. The minimum Gasteiger partial charge on any atom is -0.339 e. The van der Waals surface area contributed by atoms with Crippen molar-refractivity contribution in [1.29, 1.82) is 0 Å². The number of rotatable bonds is 5. The molecular weight excluding hydrogens is 309 g/mol. The van der Waals surface area contributed by atoms with Gasteiger partial charge in [-0.05, 0) is 37.1 Å². The number of hydrogen-bond acceptors (Lipinski definition) is 3. The first kappa shape index (κ1) is 15.7. The first-order valence-electron chi connectivity index (χ1n) is 7.41. The van der Waals surface area contributed by atoms with Crippen molar-refractivity contribution in [3.8, 4) is 0 Å². The van der Waals surface area contributed by atoms with E-state index in [9.17, 15) is 4.39 Å². The molecule has 1 aromatic carbocycles. The summed E-state index contributed by atoms with van der Waals surface area (Å²) in [5.41, 5.74) is 4.59. The summed E-state index contributed by atoms with van der Waals surface area (Å²) < 4.78 is 15.2. The van der Waals surface area contributed by atoms with Gasteiger partial charge in [-0.2, -0.15) is 5.10 Å². The van der Waals surface area contributed by atoms with Crippen LogP contribution in [0, 0.1) is 19.7 Å². The van der Waals surface area contributed by atoms with E-state index < -0.39 is 0 Å². The number of aryl methyl sites for hydroxylation is 1. The van der Waals surface area contributed by atoms with Gasteiger partial charge in [-0.1, -0.05) is 30.0 Å². The summed E-state index contributed by atoms with van der Waals surface area (Å²) in [6, 6.07) is 6.57. The number of aromatic nitrogens is 3. The van der Waals surface area contributed by atoms with Crippen LogP contribution < -0.4 is 0 Å². The second kappa shape index (κ2) is 6.54. The molecule has 0 spiro atoms. The standard InChI is InChI=1S/C18H18FN3S/c1-4-9-22-13(3)12(2)16-10-20-21-18(17(16)22)23-11-14-5-7-15(19)8-6-14/h4-8,10H,1,9,11H2,2-3H3. The lowest BCUT2D eigenvalue weighted by Crippen LogP contribution is -2.00. The molecular formula is C18H18FN3S. The second-order valence-electron chi connectivity index (χ2n) is 5.44. The van der Waals surface area contributed by atoms with Crippen molar-refractivity contribution in [2.75, 3.05) is 0 Å². The van der Waals surface area contributed by atoms with Crippen LogP contribution in [0.4, 0.5) is 4.39 Å². The molecule has 23 heavy (non-hydrogen) atoms. The Hall–Kier alpha value is -2.14. The highest BCUT2D eigenvalue weighted by Crippen LogP contribution is 2.32. The molecule has 0 fully saturated rings. The Morgan fingerprint density at radius 3 is 2.70 bits per heavy atom. The predicted molar refractivity (Wildman–Crippen MR) is 93.2 cm³/mol. The van der Waals surface area contributed by atoms with Crippen LogP contribution in [0.2, 0.25) is 0 Å². The minimum absolute atomic E-state index is 0.216. The largest absolute Gasteiger partial charge is 0.339 e. The van der Waals surface area contributed by atoms with Crippen LogP contribution in [0.3, 0.4) is 0 Å². The summed E-state index contributed by atoms with van der Waals surface area (Å²) in [5.74, 6) is 0.512. The highest BCUT2D eigenvalue weighted by molar-refractivity contribution is 7.98. The van der Waals surface area contributed by atoms with Crippen molar-refractivity contribution < 1.29 is 4.39 Å². The van der Waals surface area contributed by atoms with Crippen LogP contribution in [0.25, 0.3) is 10.9 Å². The van der Waals surface area contributed by atoms with Gasteiger partial charge in [0.15, 0.2) is 0 Å². The van der Waals surface area contributed by atoms with Crippen LogP contribution >= 0.6 is 11.8 Å². The second-order valence-corrected chi connectivity index (χ2v) is 6.40. The molecule has 2 aromatic heterocycles. The lowest BCUT2D eigenvalue weighted by molar-refractivity contribution is 0.627. The number of fused-ring (bicyclic) bond motifs is 1. The van der Waals surface area contributed by atoms with Crippen molar-refractivity contribution in [3.63, 3.8) is 0 Å². The Labute approximate surface area is 139 Å². The molecule has 118 valence electrons. The molecule has 0 radical (unpaired) electrons. The SMILES string of the molecule is C=CCn1c(C)c(C)c2cnnc(SCc3ccc(F)cc3)c21. The molecule has 3 nitrogen and oxygen atoms in total. The summed E-state index contributed by atoms with van der Waals surface area (Å²) >= 11 is 1.62. The first-order chi connectivity index (χ1) is 11.1. The third kappa shape index (κ3) is 3.01. The van der Waals surface area contributed by atoms with Gasteiger partial charge in [0.1, 0.15) is 10.8 Å². The number of benzene rings is 1. The quantitative estimate of drug-likeness (QED) is 0.504. The van der Waals surface area contributed by atoms with Crippen LogP contribution in [0.5, 0.6) is 0 Å². The number of thioether (sulfide) groups is 1. The molecule has 0 atom stereocenters. The highest BCUT2D eigenvalue weighted by atomic mass is 32.2. The number of nitrogens with zero attached hydrogens (tertiary/aromatic N) is 3. The summed E-state index contributed by atoms with van der Waals surface area (Å²) in [6.45, 7) is 8.80. The lowest BCUT2D eigenvalue weighted by atomic mass is 10.2. The number of allylic oxidation sites excluding steroid dienone is 1. The van der Waals surface area contributed by atoms with Crippen LogP contribution in [-0.2, 0) is 12.3 Å². The fourth-order valence-electron chi connectivity index (χ4n) is 2.65. The number of halogens is 1. The molecule has 2 heterocycles. The normalized spacial score (nSPS) is 11.1. The zero-order valence-electron chi connectivity index (χ0n) is 13.2. The molecule has 3 aromatic rings. The third-order valence-electron chi connectivity index (χ3n) is 4.02. The topological polar surface area (TPSA) is 30.7 Å². The first-order valence-corrected chi connectivity index (χ1v) is 8.39. The zero-order valence-corrected chi connectivity index (χ0v) is 14.0. The molecule has 0 bridgehead atoms. The maximum absolute atomic E-state index is 13.0. The van der Waals surface area contributed by atoms with Crippen molar-refractivity contribution in [2.45, 2.75) is 31.2 Å². The van der Waals surface area contributed by atoms with Crippen molar-refractivity contribution in [2.24, 2.45) is 0 Å². The zero-order chi connectivity index (χ0) is 16.4. The van der Waals surface area contributed by atoms with Gasteiger partial charge in [0.2, 0.25) is 0 Å². The van der Waals surface area contributed by atoms with Gasteiger partial charge in [-0.3, -0.25) is 0 Å². The van der Waals surface area contributed by atoms with Crippen molar-refractivity contribution >= 4 is 22.7 Å². The smallest absolute Gasteiger partial charge is 0.143 e. The number of hydrogen-bond donors (Lipinski definition) is 0. The van der Waals surface area contributed by atoms with Gasteiger partial charge < -0.3 is 4.57 Å². The van der Waals surface area contributed by atoms with Crippen LogP contribution in [-0.4, -0.2) is 14.8 Å². The van der Waals surface area contributed by atoms with Crippen LogP contribution in [0.1, 0.15) is 16.8 Å². The molecule has 0 unspecified atom stereocenters. The molecule has 5 heteroatoms. The summed E-state index contributed by atoms with van der Waals surface area (Å²) in [6.07, 6.45) is 3.71. The van der Waals surface area contributed by atoms with Gasteiger partial charge in [0, 0.05) is 23.4 Å².